The van der Waals surface area contributed by atoms with Gasteiger partial charge in [0.15, 0.2) is 5.82 Å². The number of nitrogens with one attached hydrogen (secondary N) is 3. The Morgan fingerprint density at radius 1 is 0.943 bits per heavy atom. The van der Waals surface area contributed by atoms with E-state index in [1.807, 2.05) is 51.1 Å². The van der Waals surface area contributed by atoms with Crippen LogP contribution in [0.3, 0.4) is 0 Å². The minimum absolute atomic E-state index is 0.182. The first kappa shape index (κ1) is 36.6. The molecule has 13 heteroatoms. The molecule has 0 spiro atoms. The molecular weight excluding hydrogens is 680 g/mol. The van der Waals surface area contributed by atoms with Gasteiger partial charge in [0.05, 0.1) is 11.1 Å². The average molecular weight is 730 g/mol. The number of halogens is 2. The minimum atomic E-state index is -0.620. The minimum Gasteiger partial charge on any atom is -0.444 e. The van der Waals surface area contributed by atoms with Gasteiger partial charge in [-0.05, 0) is 113 Å². The summed E-state index contributed by atoms with van der Waals surface area (Å²) in [5.74, 6) is -0.639. The van der Waals surface area contributed by atoms with Gasteiger partial charge in [-0.3, -0.25) is 14.8 Å². The lowest BCUT2D eigenvalue weighted by atomic mass is 9.96. The fourth-order valence-electron chi connectivity index (χ4n) is 7.32. The Labute approximate surface area is 309 Å². The molecule has 0 atom stereocenters. The third-order valence-corrected chi connectivity index (χ3v) is 10.2. The number of aromatic amines is 1. The maximum Gasteiger partial charge on any atom is 0.410 e. The quantitative estimate of drug-likeness (QED) is 0.166. The predicted octanol–water partition coefficient (Wildman–Crippen LogP) is 6.65. The van der Waals surface area contributed by atoms with Crippen LogP contribution in [0.2, 0.25) is 0 Å². The second kappa shape index (κ2) is 15.7. The van der Waals surface area contributed by atoms with Crippen molar-refractivity contribution in [3.05, 3.63) is 82.9 Å². The summed E-state index contributed by atoms with van der Waals surface area (Å²) in [6.07, 6.45) is 2.86. The number of piperazine rings is 1. The number of fused-ring (bicyclic) bond motifs is 1. The molecule has 3 saturated heterocycles. The Morgan fingerprint density at radius 2 is 1.68 bits per heavy atom. The Kier molecular flexibility index (Phi) is 10.8. The van der Waals surface area contributed by atoms with E-state index in [0.717, 1.165) is 93.6 Å². The fraction of sp³-hybridized carbons (Fsp3) is 0.475. The van der Waals surface area contributed by atoms with Gasteiger partial charge in [0.1, 0.15) is 17.2 Å². The molecule has 4 aromatic rings. The van der Waals surface area contributed by atoms with Crippen LogP contribution in [0, 0.1) is 17.6 Å². The van der Waals surface area contributed by atoms with E-state index in [4.69, 9.17) is 9.47 Å². The van der Waals surface area contributed by atoms with Crippen molar-refractivity contribution in [3.63, 3.8) is 0 Å². The number of nitrogens with zero attached hydrogens (tertiary/aromatic N) is 4. The molecule has 11 nitrogen and oxygen atoms in total. The number of likely N-dealkylation sites (tertiary alicyclic amines) is 1. The molecule has 0 unspecified atom stereocenters. The number of carbonyl (C=O) groups excluding carboxylic acids is 2. The zero-order valence-corrected chi connectivity index (χ0v) is 30.7. The largest absolute Gasteiger partial charge is 0.444 e. The molecule has 3 N–H and O–H groups in total. The monoisotopic (exact) mass is 729 g/mol. The number of carbonyl (C=O) groups is 2. The number of hydrogen-bond acceptors (Lipinski definition) is 8. The lowest BCUT2D eigenvalue weighted by Gasteiger charge is -2.41. The summed E-state index contributed by atoms with van der Waals surface area (Å²) in [6.45, 7) is 13.2. The van der Waals surface area contributed by atoms with E-state index in [-0.39, 0.29) is 18.0 Å². The molecule has 2 amide bonds. The molecule has 282 valence electrons. The first-order valence-corrected chi connectivity index (χ1v) is 18.6. The van der Waals surface area contributed by atoms with Crippen LogP contribution in [0.5, 0.6) is 0 Å². The van der Waals surface area contributed by atoms with Crippen molar-refractivity contribution in [1.82, 2.24) is 20.0 Å². The van der Waals surface area contributed by atoms with Crippen molar-refractivity contribution < 1.29 is 27.8 Å². The Balaban J connectivity index is 0.992. The fourth-order valence-corrected chi connectivity index (χ4v) is 7.32. The smallest absolute Gasteiger partial charge is 0.410 e. The number of H-pyrrole nitrogens is 1. The summed E-state index contributed by atoms with van der Waals surface area (Å²) < 4.78 is 38.7. The maximum atomic E-state index is 13.9. The molecule has 0 radical (unpaired) electrons. The summed E-state index contributed by atoms with van der Waals surface area (Å²) in [5, 5.41) is 14.7. The number of hydrogen-bond donors (Lipinski definition) is 3. The summed E-state index contributed by atoms with van der Waals surface area (Å²) in [6, 6.07) is 15.3. The van der Waals surface area contributed by atoms with E-state index < -0.39 is 17.2 Å². The van der Waals surface area contributed by atoms with Crippen molar-refractivity contribution in [2.75, 3.05) is 74.6 Å². The maximum absolute atomic E-state index is 13.9. The van der Waals surface area contributed by atoms with Crippen LogP contribution in [0.4, 0.5) is 30.8 Å². The van der Waals surface area contributed by atoms with Crippen LogP contribution in [0.1, 0.15) is 61.5 Å². The van der Waals surface area contributed by atoms with E-state index in [1.165, 1.54) is 12.1 Å². The summed E-state index contributed by atoms with van der Waals surface area (Å²) in [5.41, 5.74) is 3.95. The topological polar surface area (TPSA) is 115 Å². The third kappa shape index (κ3) is 9.25. The van der Waals surface area contributed by atoms with E-state index >= 15 is 0 Å². The van der Waals surface area contributed by atoms with Crippen LogP contribution in [0.15, 0.2) is 54.6 Å². The molecule has 0 saturated carbocycles. The van der Waals surface area contributed by atoms with Gasteiger partial charge in [-0.2, -0.15) is 5.10 Å². The van der Waals surface area contributed by atoms with E-state index in [2.05, 4.69) is 36.7 Å². The van der Waals surface area contributed by atoms with E-state index in [0.29, 0.717) is 47.9 Å². The van der Waals surface area contributed by atoms with Crippen LogP contribution in [-0.4, -0.2) is 103 Å². The molecule has 7 rings (SSSR count). The molecule has 53 heavy (non-hydrogen) atoms. The zero-order chi connectivity index (χ0) is 37.1. The Hall–Kier alpha value is -4.75. The van der Waals surface area contributed by atoms with Gasteiger partial charge in [0.25, 0.3) is 5.91 Å². The lowest BCUT2D eigenvalue weighted by Crippen LogP contribution is -2.53. The summed E-state index contributed by atoms with van der Waals surface area (Å²) in [7, 11) is 0. The van der Waals surface area contributed by atoms with Gasteiger partial charge < -0.3 is 29.9 Å². The second-order valence-corrected chi connectivity index (χ2v) is 15.5. The van der Waals surface area contributed by atoms with Crippen LogP contribution < -0.4 is 15.5 Å². The molecule has 0 bridgehead atoms. The molecule has 1 aromatic heterocycles. The number of ether oxygens (including phenoxy) is 2. The SMILES string of the molecule is CC(C)(C)OC(=O)N1CC(CCN2CCN(c3ccc(C(=O)Nc4n[nH]c5ccc(Cc6cc(F)cc(F)c6)cc45)c(NC4CCOCC4)c3)CC2)C1. The predicted molar refractivity (Wildman–Crippen MR) is 202 cm³/mol. The molecule has 4 heterocycles. The average Bonchev–Trinajstić information content (AvgIpc) is 3.48. The molecule has 0 aliphatic carbocycles. The van der Waals surface area contributed by atoms with Crippen molar-refractivity contribution >= 4 is 40.1 Å². The molecular formula is C40H49F2N7O4. The van der Waals surface area contributed by atoms with E-state index in [9.17, 15) is 18.4 Å². The van der Waals surface area contributed by atoms with Gasteiger partial charge >= 0.3 is 6.09 Å². The second-order valence-electron chi connectivity index (χ2n) is 15.5. The van der Waals surface area contributed by atoms with Gasteiger partial charge in [0, 0.05) is 81.4 Å². The number of aromatic nitrogens is 2. The zero-order valence-electron chi connectivity index (χ0n) is 30.7. The molecule has 3 aromatic carbocycles. The molecule has 3 aliphatic rings. The highest BCUT2D eigenvalue weighted by molar-refractivity contribution is 6.11. The summed E-state index contributed by atoms with van der Waals surface area (Å²) >= 11 is 0. The van der Waals surface area contributed by atoms with Crippen molar-refractivity contribution in [2.45, 2.75) is 58.1 Å². The Bertz CT molecular complexity index is 1910. The van der Waals surface area contributed by atoms with Crippen molar-refractivity contribution in [2.24, 2.45) is 5.92 Å². The number of anilines is 3. The number of benzene rings is 3. The molecule has 3 aliphatic heterocycles. The third-order valence-electron chi connectivity index (χ3n) is 10.2. The van der Waals surface area contributed by atoms with Crippen LogP contribution in [-0.2, 0) is 15.9 Å². The van der Waals surface area contributed by atoms with E-state index in [1.54, 1.807) is 4.90 Å². The van der Waals surface area contributed by atoms with Crippen molar-refractivity contribution in [3.8, 4) is 0 Å². The highest BCUT2D eigenvalue weighted by atomic mass is 19.1. The van der Waals surface area contributed by atoms with Gasteiger partial charge in [-0.1, -0.05) is 6.07 Å². The lowest BCUT2D eigenvalue weighted by molar-refractivity contribution is -0.00346. The van der Waals surface area contributed by atoms with Gasteiger partial charge in [-0.25, -0.2) is 13.6 Å². The van der Waals surface area contributed by atoms with Gasteiger partial charge in [-0.15, -0.1) is 0 Å². The number of amides is 2. The summed E-state index contributed by atoms with van der Waals surface area (Å²) in [4.78, 5) is 32.9. The first-order valence-electron chi connectivity index (χ1n) is 18.6. The van der Waals surface area contributed by atoms with Gasteiger partial charge in [0.2, 0.25) is 0 Å². The highest BCUT2D eigenvalue weighted by Crippen LogP contribution is 2.30. The molecule has 3 fully saturated rings. The first-order chi connectivity index (χ1) is 25.5. The Morgan fingerprint density at radius 3 is 2.40 bits per heavy atom. The van der Waals surface area contributed by atoms with Crippen molar-refractivity contribution in [1.29, 1.82) is 0 Å². The van der Waals surface area contributed by atoms with Crippen LogP contribution >= 0.6 is 0 Å². The highest BCUT2D eigenvalue weighted by Gasteiger charge is 2.34. The number of rotatable bonds is 10. The normalized spacial score (nSPS) is 17.5. The standard InChI is InChI=1S/C40H49F2N7O4/c1-40(2,3)53-39(51)49-24-27(25-49)8-11-47-12-14-48(15-13-47)32-5-6-33(36(23-32)43-31-9-16-52-17-10-31)38(50)44-37-34-21-26(4-7-35(34)45-46-37)18-28-19-29(41)22-30(42)20-28/h4-7,19-23,27,31,43H,8-18,24-25H2,1-3H3,(H2,44,45,46,50). The van der Waals surface area contributed by atoms with Crippen LogP contribution in [0.25, 0.3) is 10.9 Å².